The first-order valence-corrected chi connectivity index (χ1v) is 7.89. The van der Waals surface area contributed by atoms with E-state index < -0.39 is 0 Å². The minimum atomic E-state index is 0.284. The van der Waals surface area contributed by atoms with Crippen LogP contribution < -0.4 is 0 Å². The number of nitrogens with zero attached hydrogens (tertiary/aromatic N) is 6. The summed E-state index contributed by atoms with van der Waals surface area (Å²) < 4.78 is 1.92. The van der Waals surface area contributed by atoms with Gasteiger partial charge in [0.2, 0.25) is 4.77 Å². The summed E-state index contributed by atoms with van der Waals surface area (Å²) in [5.74, 6) is 1.04. The predicted molar refractivity (Wildman–Crippen MR) is 95.4 cm³/mol. The zero-order valence-electron chi connectivity index (χ0n) is 13.0. The van der Waals surface area contributed by atoms with Gasteiger partial charge in [0, 0.05) is 5.02 Å². The van der Waals surface area contributed by atoms with Gasteiger partial charge in [-0.2, -0.15) is 0 Å². The topological polar surface area (TPSA) is 69.4 Å². The van der Waals surface area contributed by atoms with Crippen LogP contribution in [0, 0.1) is 18.6 Å². The van der Waals surface area contributed by atoms with E-state index in [4.69, 9.17) is 23.8 Å². The van der Waals surface area contributed by atoms with Gasteiger partial charge in [0.1, 0.15) is 12.2 Å². The molecule has 0 aliphatic heterocycles. The van der Waals surface area contributed by atoms with E-state index in [1.54, 1.807) is 10.9 Å². The molecule has 0 aliphatic carbocycles. The van der Waals surface area contributed by atoms with Crippen LogP contribution in [0.1, 0.15) is 22.8 Å². The zero-order valence-corrected chi connectivity index (χ0v) is 14.6. The maximum Gasteiger partial charge on any atom is 0.256 e. The molecule has 6 nitrogen and oxygen atoms in total. The standard InChI is InChI=1S/C16H13ClN6S/c1-10-14(8-5-12-3-6-13(17)7-4-12)20-15(22-21-10)23-9-18-16(24)19-11(23)2/h3-9H,1-2H3/b8-5+. The molecule has 0 unspecified atom stereocenters. The van der Waals surface area contributed by atoms with Crippen molar-refractivity contribution in [3.8, 4) is 5.95 Å². The van der Waals surface area contributed by atoms with Crippen molar-refractivity contribution in [3.05, 3.63) is 63.2 Å². The van der Waals surface area contributed by atoms with Gasteiger partial charge in [0.05, 0.1) is 11.4 Å². The second-order valence-corrected chi connectivity index (χ2v) is 5.83. The number of benzene rings is 1. The lowest BCUT2D eigenvalue weighted by Gasteiger charge is -2.07. The third kappa shape index (κ3) is 3.69. The second kappa shape index (κ2) is 6.94. The first-order chi connectivity index (χ1) is 11.5. The van der Waals surface area contributed by atoms with Crippen LogP contribution in [0.2, 0.25) is 5.02 Å². The molecule has 2 heterocycles. The quantitative estimate of drug-likeness (QED) is 0.667. The molecular weight excluding hydrogens is 344 g/mol. The van der Waals surface area contributed by atoms with Crippen LogP contribution >= 0.6 is 23.8 Å². The number of aryl methyl sites for hydroxylation is 2. The summed E-state index contributed by atoms with van der Waals surface area (Å²) in [6, 6.07) is 7.53. The summed E-state index contributed by atoms with van der Waals surface area (Å²) in [6.07, 6.45) is 5.37. The predicted octanol–water partition coefficient (Wildman–Crippen LogP) is 3.62. The molecule has 0 N–H and O–H groups in total. The highest BCUT2D eigenvalue weighted by Crippen LogP contribution is 2.13. The molecule has 0 atom stereocenters. The number of rotatable bonds is 3. The fourth-order valence-electron chi connectivity index (χ4n) is 2.00. The van der Waals surface area contributed by atoms with E-state index in [-0.39, 0.29) is 4.77 Å². The minimum Gasteiger partial charge on any atom is -0.255 e. The van der Waals surface area contributed by atoms with Crippen LogP contribution in [-0.2, 0) is 0 Å². The van der Waals surface area contributed by atoms with Gasteiger partial charge in [-0.05, 0) is 49.8 Å². The van der Waals surface area contributed by atoms with E-state index >= 15 is 0 Å². The van der Waals surface area contributed by atoms with Crippen LogP contribution in [0.4, 0.5) is 0 Å². The van der Waals surface area contributed by atoms with E-state index in [0.717, 1.165) is 11.3 Å². The zero-order chi connectivity index (χ0) is 17.1. The van der Waals surface area contributed by atoms with Crippen molar-refractivity contribution in [2.45, 2.75) is 13.8 Å². The number of hydrogen-bond donors (Lipinski definition) is 0. The third-order valence-electron chi connectivity index (χ3n) is 3.29. The summed E-state index contributed by atoms with van der Waals surface area (Å²) in [5, 5.41) is 8.96. The summed E-state index contributed by atoms with van der Waals surface area (Å²) in [6.45, 7) is 3.66. The Bertz CT molecular complexity index is 965. The molecule has 0 spiro atoms. The molecule has 0 radical (unpaired) electrons. The van der Waals surface area contributed by atoms with Gasteiger partial charge in [-0.25, -0.2) is 15.0 Å². The summed E-state index contributed by atoms with van der Waals surface area (Å²) in [5.41, 5.74) is 2.45. The highest BCUT2D eigenvalue weighted by Gasteiger charge is 2.07. The first kappa shape index (κ1) is 16.4. The van der Waals surface area contributed by atoms with Crippen LogP contribution in [0.25, 0.3) is 18.1 Å². The van der Waals surface area contributed by atoms with Crippen LogP contribution in [-0.4, -0.2) is 29.7 Å². The van der Waals surface area contributed by atoms with Crippen LogP contribution in [0.5, 0.6) is 0 Å². The largest absolute Gasteiger partial charge is 0.256 e. The van der Waals surface area contributed by atoms with Crippen molar-refractivity contribution in [1.82, 2.24) is 29.7 Å². The fraction of sp³-hybridized carbons (Fsp3) is 0.125. The van der Waals surface area contributed by atoms with Crippen molar-refractivity contribution >= 4 is 36.0 Å². The lowest BCUT2D eigenvalue weighted by molar-refractivity contribution is 0.758. The van der Waals surface area contributed by atoms with E-state index in [1.807, 2.05) is 50.3 Å². The van der Waals surface area contributed by atoms with Crippen molar-refractivity contribution in [2.75, 3.05) is 0 Å². The van der Waals surface area contributed by atoms with Crippen LogP contribution in [0.15, 0.2) is 30.6 Å². The SMILES string of the molecule is Cc1nnc(-n2cnc(=S)nc2C)nc1/C=C/c1ccc(Cl)cc1. The number of halogens is 1. The monoisotopic (exact) mass is 356 g/mol. The van der Waals surface area contributed by atoms with Crippen molar-refractivity contribution in [3.63, 3.8) is 0 Å². The lowest BCUT2D eigenvalue weighted by atomic mass is 10.2. The molecule has 0 saturated heterocycles. The van der Waals surface area contributed by atoms with Crippen molar-refractivity contribution < 1.29 is 0 Å². The summed E-state index contributed by atoms with van der Waals surface area (Å²) in [7, 11) is 0. The van der Waals surface area contributed by atoms with E-state index in [0.29, 0.717) is 22.5 Å². The van der Waals surface area contributed by atoms with E-state index in [9.17, 15) is 0 Å². The van der Waals surface area contributed by atoms with E-state index in [1.165, 1.54) is 0 Å². The van der Waals surface area contributed by atoms with Gasteiger partial charge in [-0.15, -0.1) is 10.2 Å². The molecule has 8 heteroatoms. The van der Waals surface area contributed by atoms with Crippen molar-refractivity contribution in [2.24, 2.45) is 0 Å². The summed E-state index contributed by atoms with van der Waals surface area (Å²) in [4.78, 5) is 12.7. The fourth-order valence-corrected chi connectivity index (χ4v) is 2.30. The Hall–Kier alpha value is -2.51. The van der Waals surface area contributed by atoms with Crippen molar-refractivity contribution in [1.29, 1.82) is 0 Å². The first-order valence-electron chi connectivity index (χ1n) is 7.10. The molecule has 2 aromatic heterocycles. The molecule has 120 valence electrons. The maximum absolute atomic E-state index is 5.89. The lowest BCUT2D eigenvalue weighted by Crippen LogP contribution is -2.11. The molecule has 3 rings (SSSR count). The Labute approximate surface area is 148 Å². The van der Waals surface area contributed by atoms with Gasteiger partial charge in [-0.3, -0.25) is 4.57 Å². The highest BCUT2D eigenvalue weighted by molar-refractivity contribution is 7.71. The third-order valence-corrected chi connectivity index (χ3v) is 3.74. The van der Waals surface area contributed by atoms with E-state index in [2.05, 4.69) is 25.1 Å². The highest BCUT2D eigenvalue weighted by atomic mass is 35.5. The molecule has 0 aliphatic rings. The Balaban J connectivity index is 1.97. The minimum absolute atomic E-state index is 0.284. The summed E-state index contributed by atoms with van der Waals surface area (Å²) >= 11 is 10.8. The molecule has 0 amide bonds. The molecule has 3 aromatic rings. The Morgan fingerprint density at radius 3 is 2.50 bits per heavy atom. The van der Waals surface area contributed by atoms with Gasteiger partial charge >= 0.3 is 0 Å². The van der Waals surface area contributed by atoms with Gasteiger partial charge < -0.3 is 0 Å². The maximum atomic E-state index is 5.89. The average molecular weight is 357 g/mol. The Kier molecular flexibility index (Phi) is 4.73. The molecule has 0 fully saturated rings. The second-order valence-electron chi connectivity index (χ2n) is 5.02. The number of hydrogen-bond acceptors (Lipinski definition) is 6. The Morgan fingerprint density at radius 1 is 1.04 bits per heavy atom. The average Bonchev–Trinajstić information content (AvgIpc) is 2.56. The van der Waals surface area contributed by atoms with Crippen LogP contribution in [0.3, 0.4) is 0 Å². The molecule has 24 heavy (non-hydrogen) atoms. The molecule has 1 aromatic carbocycles. The van der Waals surface area contributed by atoms with Gasteiger partial charge in [0.15, 0.2) is 0 Å². The molecule has 0 saturated carbocycles. The number of aromatic nitrogens is 6. The molecular formula is C16H13ClN6S. The van der Waals surface area contributed by atoms with Gasteiger partial charge in [-0.1, -0.05) is 29.8 Å². The smallest absolute Gasteiger partial charge is 0.255 e. The Morgan fingerprint density at radius 2 is 1.79 bits per heavy atom. The van der Waals surface area contributed by atoms with Gasteiger partial charge in [0.25, 0.3) is 5.95 Å². The molecule has 0 bridgehead atoms. The normalized spacial score (nSPS) is 11.1.